The van der Waals surface area contributed by atoms with Crippen LogP contribution in [0.2, 0.25) is 0 Å². The van der Waals surface area contributed by atoms with Crippen molar-refractivity contribution in [3.05, 3.63) is 89.7 Å². The molecule has 0 fully saturated rings. The summed E-state index contributed by atoms with van der Waals surface area (Å²) in [6.07, 6.45) is 0. The molecule has 0 aliphatic rings. The Morgan fingerprint density at radius 3 is 1.74 bits per heavy atom. The molecule has 0 amide bonds. The van der Waals surface area contributed by atoms with Crippen molar-refractivity contribution in [1.82, 2.24) is 10.2 Å². The summed E-state index contributed by atoms with van der Waals surface area (Å²) in [6.45, 7) is 4.13. The first-order valence-corrected chi connectivity index (χ1v) is 9.45. The van der Waals surface area contributed by atoms with Crippen molar-refractivity contribution in [3.8, 4) is 10.6 Å². The second-order valence-corrected chi connectivity index (χ2v) is 7.36. The molecule has 5 heteroatoms. The van der Waals surface area contributed by atoms with Gasteiger partial charge in [0.25, 0.3) is 0 Å². The molecule has 0 bridgehead atoms. The Morgan fingerprint density at radius 1 is 0.704 bits per heavy atom. The maximum atomic E-state index is 13.2. The molecule has 0 aliphatic carbocycles. The summed E-state index contributed by atoms with van der Waals surface area (Å²) in [7, 11) is 0. The topological polar surface area (TPSA) is 29.0 Å². The van der Waals surface area contributed by atoms with Crippen molar-refractivity contribution < 1.29 is 4.39 Å². The average molecular weight is 375 g/mol. The minimum atomic E-state index is -0.260. The summed E-state index contributed by atoms with van der Waals surface area (Å²) in [5, 5.41) is 10.3. The van der Waals surface area contributed by atoms with Crippen molar-refractivity contribution in [2.75, 3.05) is 4.90 Å². The van der Waals surface area contributed by atoms with E-state index in [4.69, 9.17) is 0 Å². The smallest absolute Gasteiger partial charge is 0.217 e. The lowest BCUT2D eigenvalue weighted by Gasteiger charge is -2.22. The first kappa shape index (κ1) is 17.4. The Morgan fingerprint density at radius 2 is 1.22 bits per heavy atom. The van der Waals surface area contributed by atoms with E-state index in [1.54, 1.807) is 12.1 Å². The normalized spacial score (nSPS) is 10.8. The third kappa shape index (κ3) is 3.73. The zero-order valence-electron chi connectivity index (χ0n) is 15.1. The van der Waals surface area contributed by atoms with Crippen LogP contribution < -0.4 is 4.90 Å². The molecule has 0 N–H and O–H groups in total. The predicted octanol–water partition coefficient (Wildman–Crippen LogP) is 6.43. The van der Waals surface area contributed by atoms with E-state index in [1.807, 2.05) is 0 Å². The molecule has 4 rings (SSSR count). The highest BCUT2D eigenvalue weighted by Gasteiger charge is 2.17. The maximum Gasteiger partial charge on any atom is 0.217 e. The Hall–Kier alpha value is -3.05. The fourth-order valence-electron chi connectivity index (χ4n) is 2.77. The number of anilines is 3. The molecule has 1 aromatic heterocycles. The highest BCUT2D eigenvalue weighted by atomic mass is 32.1. The van der Waals surface area contributed by atoms with Gasteiger partial charge < -0.3 is 0 Å². The van der Waals surface area contributed by atoms with Gasteiger partial charge in [0.15, 0.2) is 0 Å². The van der Waals surface area contributed by atoms with Crippen LogP contribution in [0.15, 0.2) is 72.8 Å². The van der Waals surface area contributed by atoms with Gasteiger partial charge in [-0.25, -0.2) is 4.39 Å². The molecule has 0 saturated carbocycles. The van der Waals surface area contributed by atoms with Crippen LogP contribution in [0.4, 0.5) is 20.9 Å². The number of hydrogen-bond donors (Lipinski definition) is 0. The number of hydrogen-bond acceptors (Lipinski definition) is 4. The minimum Gasteiger partial charge on any atom is -0.285 e. The summed E-state index contributed by atoms with van der Waals surface area (Å²) < 4.78 is 13.2. The standard InChI is InChI=1S/C22H18FN3S/c1-15-3-11-19(12-4-15)26(20-13-5-16(2)6-14-20)22-25-24-21(27-22)17-7-9-18(23)10-8-17/h3-14H,1-2H3. The first-order valence-electron chi connectivity index (χ1n) is 8.63. The number of aromatic nitrogens is 2. The Balaban J connectivity index is 1.78. The van der Waals surface area contributed by atoms with Gasteiger partial charge in [0, 0.05) is 16.9 Å². The highest BCUT2D eigenvalue weighted by Crippen LogP contribution is 2.38. The lowest BCUT2D eigenvalue weighted by Crippen LogP contribution is -2.09. The second kappa shape index (κ2) is 7.29. The van der Waals surface area contributed by atoms with Crippen molar-refractivity contribution in [2.24, 2.45) is 0 Å². The van der Waals surface area contributed by atoms with Gasteiger partial charge in [0.05, 0.1) is 0 Å². The van der Waals surface area contributed by atoms with Crippen LogP contribution in [-0.2, 0) is 0 Å². The van der Waals surface area contributed by atoms with Gasteiger partial charge in [-0.3, -0.25) is 4.90 Å². The zero-order chi connectivity index (χ0) is 18.8. The SMILES string of the molecule is Cc1ccc(N(c2ccc(C)cc2)c2nnc(-c3ccc(F)cc3)s2)cc1. The number of halogens is 1. The van der Waals surface area contributed by atoms with Crippen molar-refractivity contribution >= 4 is 27.8 Å². The minimum absolute atomic E-state index is 0.260. The van der Waals surface area contributed by atoms with Gasteiger partial charge in [-0.1, -0.05) is 46.7 Å². The molecule has 3 nitrogen and oxygen atoms in total. The van der Waals surface area contributed by atoms with Crippen molar-refractivity contribution in [2.45, 2.75) is 13.8 Å². The number of nitrogens with zero attached hydrogens (tertiary/aromatic N) is 3. The largest absolute Gasteiger partial charge is 0.285 e. The zero-order valence-corrected chi connectivity index (χ0v) is 15.9. The molecule has 0 saturated heterocycles. The lowest BCUT2D eigenvalue weighted by molar-refractivity contribution is 0.628. The summed E-state index contributed by atoms with van der Waals surface area (Å²) in [5.74, 6) is -0.260. The summed E-state index contributed by atoms with van der Waals surface area (Å²) in [5.41, 5.74) is 5.30. The van der Waals surface area contributed by atoms with Crippen molar-refractivity contribution in [3.63, 3.8) is 0 Å². The lowest BCUT2D eigenvalue weighted by atomic mass is 10.2. The molecule has 0 atom stereocenters. The van der Waals surface area contributed by atoms with E-state index < -0.39 is 0 Å². The van der Waals surface area contributed by atoms with Crippen LogP contribution in [0.3, 0.4) is 0 Å². The molecule has 3 aromatic carbocycles. The first-order chi connectivity index (χ1) is 13.1. The molecule has 0 spiro atoms. The predicted molar refractivity (Wildman–Crippen MR) is 109 cm³/mol. The molecule has 27 heavy (non-hydrogen) atoms. The van der Waals surface area contributed by atoms with E-state index >= 15 is 0 Å². The number of aryl methyl sites for hydroxylation is 2. The average Bonchev–Trinajstić information content (AvgIpc) is 3.15. The van der Waals surface area contributed by atoms with Crippen LogP contribution in [0.25, 0.3) is 10.6 Å². The van der Waals surface area contributed by atoms with E-state index in [0.717, 1.165) is 27.1 Å². The van der Waals surface area contributed by atoms with Crippen LogP contribution in [0.1, 0.15) is 11.1 Å². The molecule has 0 unspecified atom stereocenters. The van der Waals surface area contributed by atoms with Gasteiger partial charge in [-0.05, 0) is 62.4 Å². The van der Waals surface area contributed by atoms with E-state index in [0.29, 0.717) is 0 Å². The van der Waals surface area contributed by atoms with E-state index in [-0.39, 0.29) is 5.82 Å². The monoisotopic (exact) mass is 375 g/mol. The highest BCUT2D eigenvalue weighted by molar-refractivity contribution is 7.18. The third-order valence-corrected chi connectivity index (χ3v) is 5.24. The molecule has 1 heterocycles. The quantitative estimate of drug-likeness (QED) is 0.411. The van der Waals surface area contributed by atoms with Crippen LogP contribution in [0, 0.1) is 19.7 Å². The molecule has 0 aliphatic heterocycles. The molecule has 0 radical (unpaired) electrons. The summed E-state index contributed by atoms with van der Waals surface area (Å²) >= 11 is 1.48. The molecular formula is C22H18FN3S. The van der Waals surface area contributed by atoms with E-state index in [2.05, 4.69) is 77.5 Å². The van der Waals surface area contributed by atoms with Crippen LogP contribution in [-0.4, -0.2) is 10.2 Å². The van der Waals surface area contributed by atoms with E-state index in [9.17, 15) is 4.39 Å². The molecule has 134 valence electrons. The fraction of sp³-hybridized carbons (Fsp3) is 0.0909. The molecule has 4 aromatic rings. The molecular weight excluding hydrogens is 357 g/mol. The Labute approximate surface area is 161 Å². The Kier molecular flexibility index (Phi) is 4.69. The van der Waals surface area contributed by atoms with E-state index in [1.165, 1.54) is 34.6 Å². The van der Waals surface area contributed by atoms with Gasteiger partial charge in [0.1, 0.15) is 10.8 Å². The summed E-state index contributed by atoms with van der Waals surface area (Å²) in [6, 6.07) is 23.0. The maximum absolute atomic E-state index is 13.2. The van der Waals surface area contributed by atoms with Crippen LogP contribution >= 0.6 is 11.3 Å². The Bertz CT molecular complexity index is 993. The third-order valence-electron chi connectivity index (χ3n) is 4.28. The number of benzene rings is 3. The number of rotatable bonds is 4. The van der Waals surface area contributed by atoms with Crippen LogP contribution in [0.5, 0.6) is 0 Å². The van der Waals surface area contributed by atoms with Crippen molar-refractivity contribution in [1.29, 1.82) is 0 Å². The van der Waals surface area contributed by atoms with Gasteiger partial charge in [0.2, 0.25) is 5.13 Å². The van der Waals surface area contributed by atoms with Gasteiger partial charge in [-0.15, -0.1) is 10.2 Å². The second-order valence-electron chi connectivity index (χ2n) is 6.40. The van der Waals surface area contributed by atoms with Gasteiger partial charge in [-0.2, -0.15) is 0 Å². The summed E-state index contributed by atoms with van der Waals surface area (Å²) in [4.78, 5) is 2.09. The van der Waals surface area contributed by atoms with Gasteiger partial charge >= 0.3 is 0 Å². The fourth-order valence-corrected chi connectivity index (χ4v) is 3.66.